The van der Waals surface area contributed by atoms with Crippen LogP contribution >= 0.6 is 0 Å². The molecule has 2 amide bonds. The SMILES string of the molecule is CCCC1(C(=O)O)CCN(C(=O)OC(C)(C)C)C1.CCCC1(C(=O)OCC)CCN(C(=O)OC(C)(C)C)C1. The van der Waals surface area contributed by atoms with E-state index in [1.807, 2.05) is 34.6 Å². The molecule has 10 nitrogen and oxygen atoms in total. The zero-order chi connectivity index (χ0) is 29.4. The molecule has 2 unspecified atom stereocenters. The minimum absolute atomic E-state index is 0.187. The molecular formula is C28H50N2O8. The van der Waals surface area contributed by atoms with Gasteiger partial charge in [-0.2, -0.15) is 0 Å². The van der Waals surface area contributed by atoms with Crippen molar-refractivity contribution < 1.29 is 38.5 Å². The molecule has 220 valence electrons. The molecule has 0 saturated carbocycles. The molecule has 0 aromatic heterocycles. The second-order valence-electron chi connectivity index (χ2n) is 12.4. The Bertz CT molecular complexity index is 832. The van der Waals surface area contributed by atoms with Gasteiger partial charge in [-0.15, -0.1) is 0 Å². The van der Waals surface area contributed by atoms with Gasteiger partial charge in [0.15, 0.2) is 0 Å². The average Bonchev–Trinajstić information content (AvgIpc) is 3.39. The van der Waals surface area contributed by atoms with Crippen LogP contribution in [0, 0.1) is 10.8 Å². The van der Waals surface area contributed by atoms with Gasteiger partial charge in [0.1, 0.15) is 11.2 Å². The van der Waals surface area contributed by atoms with E-state index < -0.39 is 34.1 Å². The summed E-state index contributed by atoms with van der Waals surface area (Å²) in [5, 5.41) is 9.35. The summed E-state index contributed by atoms with van der Waals surface area (Å²) in [5.74, 6) is -0.997. The molecule has 2 fully saturated rings. The molecule has 0 spiro atoms. The number of rotatable bonds is 7. The molecule has 38 heavy (non-hydrogen) atoms. The fourth-order valence-electron chi connectivity index (χ4n) is 4.91. The number of hydrogen-bond acceptors (Lipinski definition) is 7. The molecule has 10 heteroatoms. The molecule has 0 aromatic carbocycles. The highest BCUT2D eigenvalue weighted by Crippen LogP contribution is 2.38. The topological polar surface area (TPSA) is 123 Å². The standard InChI is InChI=1S/C15H27NO4.C13H23NO4/c1-6-8-15(12(17)19-7-2)9-10-16(11-15)13(18)20-14(3,4)5;1-5-6-13(10(15)16)7-8-14(9-13)11(17)18-12(2,3)4/h6-11H2,1-5H3;5-9H2,1-4H3,(H,15,16). The van der Waals surface area contributed by atoms with Crippen molar-refractivity contribution in [2.24, 2.45) is 10.8 Å². The van der Waals surface area contributed by atoms with Gasteiger partial charge in [0.25, 0.3) is 0 Å². The Labute approximate surface area is 228 Å². The van der Waals surface area contributed by atoms with Crippen LogP contribution in [0.5, 0.6) is 0 Å². The lowest BCUT2D eigenvalue weighted by atomic mass is 9.82. The summed E-state index contributed by atoms with van der Waals surface area (Å²) < 4.78 is 15.8. The van der Waals surface area contributed by atoms with Gasteiger partial charge in [-0.1, -0.05) is 26.7 Å². The number of carbonyl (C=O) groups excluding carboxylic acids is 3. The number of esters is 1. The van der Waals surface area contributed by atoms with Crippen molar-refractivity contribution in [1.29, 1.82) is 0 Å². The van der Waals surface area contributed by atoms with Crippen molar-refractivity contribution in [3.8, 4) is 0 Å². The molecule has 0 aliphatic carbocycles. The summed E-state index contributed by atoms with van der Waals surface area (Å²) in [6.07, 6.45) is 3.43. The molecule has 2 aliphatic heterocycles. The second kappa shape index (κ2) is 13.5. The lowest BCUT2D eigenvalue weighted by molar-refractivity contribution is -0.155. The average molecular weight is 543 g/mol. The van der Waals surface area contributed by atoms with E-state index in [-0.39, 0.29) is 18.6 Å². The monoisotopic (exact) mass is 542 g/mol. The van der Waals surface area contributed by atoms with E-state index in [0.717, 1.165) is 19.3 Å². The van der Waals surface area contributed by atoms with Crippen LogP contribution in [0.2, 0.25) is 0 Å². The Balaban J connectivity index is 0.000000382. The van der Waals surface area contributed by atoms with Gasteiger partial charge in [0.2, 0.25) is 0 Å². The Morgan fingerprint density at radius 3 is 1.50 bits per heavy atom. The minimum Gasteiger partial charge on any atom is -0.481 e. The van der Waals surface area contributed by atoms with Crippen molar-refractivity contribution in [3.63, 3.8) is 0 Å². The molecule has 0 aromatic rings. The van der Waals surface area contributed by atoms with Crippen LogP contribution < -0.4 is 0 Å². The molecule has 2 rings (SSSR count). The van der Waals surface area contributed by atoms with E-state index >= 15 is 0 Å². The normalized spacial score (nSPS) is 23.4. The lowest BCUT2D eigenvalue weighted by Gasteiger charge is -2.28. The summed E-state index contributed by atoms with van der Waals surface area (Å²) in [5.41, 5.74) is -2.40. The molecule has 2 atom stereocenters. The fraction of sp³-hybridized carbons (Fsp3) is 0.857. The number of carboxylic acid groups (broad SMARTS) is 1. The van der Waals surface area contributed by atoms with Crippen molar-refractivity contribution in [2.75, 3.05) is 32.8 Å². The third kappa shape index (κ3) is 9.66. The van der Waals surface area contributed by atoms with Gasteiger partial charge in [0.05, 0.1) is 17.4 Å². The van der Waals surface area contributed by atoms with Crippen LogP contribution in [-0.4, -0.2) is 83.0 Å². The number of nitrogens with zero attached hydrogens (tertiary/aromatic N) is 2. The third-order valence-electron chi connectivity index (χ3n) is 6.63. The highest BCUT2D eigenvalue weighted by Gasteiger charge is 2.48. The van der Waals surface area contributed by atoms with Gasteiger partial charge >= 0.3 is 24.1 Å². The van der Waals surface area contributed by atoms with Gasteiger partial charge in [-0.3, -0.25) is 9.59 Å². The van der Waals surface area contributed by atoms with Crippen LogP contribution in [0.4, 0.5) is 9.59 Å². The first-order chi connectivity index (χ1) is 17.4. The predicted octanol–water partition coefficient (Wildman–Crippen LogP) is 5.48. The van der Waals surface area contributed by atoms with E-state index in [4.69, 9.17) is 14.2 Å². The molecular weight excluding hydrogens is 492 g/mol. The molecule has 2 saturated heterocycles. The maximum atomic E-state index is 12.2. The van der Waals surface area contributed by atoms with E-state index in [1.165, 1.54) is 4.90 Å². The smallest absolute Gasteiger partial charge is 0.410 e. The van der Waals surface area contributed by atoms with Crippen LogP contribution in [0.15, 0.2) is 0 Å². The Hall–Kier alpha value is -2.52. The summed E-state index contributed by atoms with van der Waals surface area (Å²) in [7, 11) is 0. The highest BCUT2D eigenvalue weighted by molar-refractivity contribution is 5.80. The minimum atomic E-state index is -0.810. The molecule has 2 aliphatic rings. The van der Waals surface area contributed by atoms with Crippen LogP contribution in [0.1, 0.15) is 101 Å². The first-order valence-electron chi connectivity index (χ1n) is 13.8. The highest BCUT2D eigenvalue weighted by atomic mass is 16.6. The number of ether oxygens (including phenoxy) is 3. The van der Waals surface area contributed by atoms with Crippen LogP contribution in [0.3, 0.4) is 0 Å². The second-order valence-corrected chi connectivity index (χ2v) is 12.4. The van der Waals surface area contributed by atoms with Crippen LogP contribution in [0.25, 0.3) is 0 Å². The Morgan fingerprint density at radius 1 is 0.737 bits per heavy atom. The summed E-state index contributed by atoms with van der Waals surface area (Å²) in [4.78, 5) is 50.7. The number of likely N-dealkylation sites (tertiary alicyclic amines) is 2. The van der Waals surface area contributed by atoms with Gasteiger partial charge < -0.3 is 29.1 Å². The first kappa shape index (κ1) is 33.5. The number of amides is 2. The summed E-state index contributed by atoms with van der Waals surface area (Å²) in [6.45, 7) is 18.8. The quantitative estimate of drug-likeness (QED) is 0.332. The van der Waals surface area contributed by atoms with Gasteiger partial charge in [-0.05, 0) is 74.1 Å². The zero-order valence-electron chi connectivity index (χ0n) is 25.0. The Kier molecular flexibility index (Phi) is 11.9. The molecule has 2 heterocycles. The maximum Gasteiger partial charge on any atom is 0.410 e. The number of carbonyl (C=O) groups is 4. The van der Waals surface area contributed by atoms with E-state index in [1.54, 1.807) is 32.6 Å². The van der Waals surface area contributed by atoms with Crippen molar-refractivity contribution in [1.82, 2.24) is 9.80 Å². The van der Waals surface area contributed by atoms with Crippen molar-refractivity contribution in [2.45, 2.75) is 112 Å². The molecule has 1 N–H and O–H groups in total. The summed E-state index contributed by atoms with van der Waals surface area (Å²) in [6, 6.07) is 0. The lowest BCUT2D eigenvalue weighted by Crippen LogP contribution is -2.40. The van der Waals surface area contributed by atoms with Gasteiger partial charge in [0, 0.05) is 26.2 Å². The number of hydrogen-bond donors (Lipinski definition) is 1. The fourth-order valence-corrected chi connectivity index (χ4v) is 4.91. The zero-order valence-corrected chi connectivity index (χ0v) is 25.0. The predicted molar refractivity (Wildman–Crippen MR) is 144 cm³/mol. The first-order valence-corrected chi connectivity index (χ1v) is 13.8. The van der Waals surface area contributed by atoms with E-state index in [9.17, 15) is 24.3 Å². The largest absolute Gasteiger partial charge is 0.481 e. The Morgan fingerprint density at radius 2 is 1.13 bits per heavy atom. The van der Waals surface area contributed by atoms with Crippen molar-refractivity contribution in [3.05, 3.63) is 0 Å². The molecule has 0 bridgehead atoms. The summed E-state index contributed by atoms with van der Waals surface area (Å²) >= 11 is 0. The van der Waals surface area contributed by atoms with E-state index in [0.29, 0.717) is 45.5 Å². The van der Waals surface area contributed by atoms with Crippen LogP contribution in [-0.2, 0) is 23.8 Å². The van der Waals surface area contributed by atoms with Crippen molar-refractivity contribution >= 4 is 24.1 Å². The number of aliphatic carboxylic acids is 1. The van der Waals surface area contributed by atoms with Gasteiger partial charge in [-0.25, -0.2) is 9.59 Å². The maximum absolute atomic E-state index is 12.2. The number of carboxylic acids is 1. The molecule has 0 radical (unpaired) electrons. The third-order valence-corrected chi connectivity index (χ3v) is 6.63. The van der Waals surface area contributed by atoms with E-state index in [2.05, 4.69) is 0 Å².